The molecule has 5 nitrogen and oxygen atoms in total. The molecule has 0 radical (unpaired) electrons. The number of likely N-dealkylation sites (tertiary alicyclic amines) is 1. The average Bonchev–Trinajstić information content (AvgIpc) is 2.45. The molecule has 1 aliphatic heterocycles. The number of carboxylic acid groups (broad SMARTS) is 1. The summed E-state index contributed by atoms with van der Waals surface area (Å²) in [6.07, 6.45) is 1.16. The van der Waals surface area contributed by atoms with Crippen LogP contribution in [0.4, 0.5) is 0 Å². The van der Waals surface area contributed by atoms with Crippen LogP contribution in [0, 0.1) is 0 Å². The van der Waals surface area contributed by atoms with E-state index in [-0.39, 0.29) is 18.6 Å². The molecule has 114 valence electrons. The van der Waals surface area contributed by atoms with Crippen LogP contribution in [-0.4, -0.2) is 47.7 Å². The predicted octanol–water partition coefficient (Wildman–Crippen LogP) is 2.81. The summed E-state index contributed by atoms with van der Waals surface area (Å²) >= 11 is 9.39. The standard InChI is InChI=1S/C14H15BrClNO4/c15-9-1-2-11(12(16)7-9)14(20)17-5-3-10(4-6-17)21-8-13(18)19/h1-2,7,10H,3-6,8H2,(H,18,19). The first-order valence-corrected chi connectivity index (χ1v) is 7.72. The normalized spacial score (nSPS) is 16.0. The number of ether oxygens (including phenoxy) is 1. The molecule has 21 heavy (non-hydrogen) atoms. The van der Waals surface area contributed by atoms with Crippen LogP contribution >= 0.6 is 27.5 Å². The molecule has 0 bridgehead atoms. The predicted molar refractivity (Wildman–Crippen MR) is 81.7 cm³/mol. The van der Waals surface area contributed by atoms with Crippen molar-refractivity contribution in [3.63, 3.8) is 0 Å². The lowest BCUT2D eigenvalue weighted by Crippen LogP contribution is -2.41. The van der Waals surface area contributed by atoms with E-state index in [1.165, 1.54) is 0 Å². The minimum absolute atomic E-state index is 0.106. The van der Waals surface area contributed by atoms with E-state index in [2.05, 4.69) is 15.9 Å². The first kappa shape index (κ1) is 16.3. The number of carboxylic acids is 1. The van der Waals surface area contributed by atoms with E-state index in [1.807, 2.05) is 0 Å². The molecule has 1 aromatic carbocycles. The van der Waals surface area contributed by atoms with Crippen molar-refractivity contribution in [2.24, 2.45) is 0 Å². The minimum atomic E-state index is -0.977. The molecule has 0 spiro atoms. The Bertz CT molecular complexity index is 544. The van der Waals surface area contributed by atoms with Crippen LogP contribution in [0.5, 0.6) is 0 Å². The van der Waals surface area contributed by atoms with Gasteiger partial charge in [0.25, 0.3) is 5.91 Å². The van der Waals surface area contributed by atoms with Gasteiger partial charge in [0.1, 0.15) is 6.61 Å². The molecule has 7 heteroatoms. The number of hydrogen-bond donors (Lipinski definition) is 1. The Morgan fingerprint density at radius 1 is 1.38 bits per heavy atom. The third kappa shape index (κ3) is 4.43. The lowest BCUT2D eigenvalue weighted by atomic mass is 10.1. The maximum atomic E-state index is 12.4. The van der Waals surface area contributed by atoms with E-state index in [4.69, 9.17) is 21.4 Å². The van der Waals surface area contributed by atoms with E-state index in [0.717, 1.165) is 4.47 Å². The summed E-state index contributed by atoms with van der Waals surface area (Å²) < 4.78 is 6.07. The number of benzene rings is 1. The second-order valence-electron chi connectivity index (χ2n) is 4.82. The second-order valence-corrected chi connectivity index (χ2v) is 6.14. The molecule has 0 aliphatic carbocycles. The lowest BCUT2D eigenvalue weighted by Gasteiger charge is -2.31. The van der Waals surface area contributed by atoms with Crippen LogP contribution in [0.15, 0.2) is 22.7 Å². The molecule has 2 rings (SSSR count). The van der Waals surface area contributed by atoms with Gasteiger partial charge in [-0.15, -0.1) is 0 Å². The van der Waals surface area contributed by atoms with Gasteiger partial charge in [0, 0.05) is 17.6 Å². The largest absolute Gasteiger partial charge is 0.480 e. The van der Waals surface area contributed by atoms with E-state index < -0.39 is 5.97 Å². The van der Waals surface area contributed by atoms with E-state index in [9.17, 15) is 9.59 Å². The number of carbonyl (C=O) groups excluding carboxylic acids is 1. The van der Waals surface area contributed by atoms with Gasteiger partial charge in [-0.3, -0.25) is 4.79 Å². The fraction of sp³-hybridized carbons (Fsp3) is 0.429. The quantitative estimate of drug-likeness (QED) is 0.877. The van der Waals surface area contributed by atoms with E-state index >= 15 is 0 Å². The number of rotatable bonds is 4. The number of carbonyl (C=O) groups is 2. The number of piperidine rings is 1. The summed E-state index contributed by atoms with van der Waals surface area (Å²) in [5.74, 6) is -1.08. The first-order chi connectivity index (χ1) is 9.97. The Hall–Kier alpha value is -1.11. The molecule has 1 N–H and O–H groups in total. The maximum Gasteiger partial charge on any atom is 0.329 e. The van der Waals surface area contributed by atoms with Crippen molar-refractivity contribution in [2.45, 2.75) is 18.9 Å². The summed E-state index contributed by atoms with van der Waals surface area (Å²) in [5.41, 5.74) is 0.477. The van der Waals surface area contributed by atoms with Crippen molar-refractivity contribution >= 4 is 39.4 Å². The van der Waals surface area contributed by atoms with Gasteiger partial charge >= 0.3 is 5.97 Å². The molecule has 0 saturated carbocycles. The second kappa shape index (κ2) is 7.24. The highest BCUT2D eigenvalue weighted by Gasteiger charge is 2.25. The number of nitrogens with zero attached hydrogens (tertiary/aromatic N) is 1. The van der Waals surface area contributed by atoms with Crippen LogP contribution in [0.1, 0.15) is 23.2 Å². The molecule has 1 amide bonds. The molecule has 1 fully saturated rings. The maximum absolute atomic E-state index is 12.4. The van der Waals surface area contributed by atoms with Crippen molar-refractivity contribution in [3.8, 4) is 0 Å². The van der Waals surface area contributed by atoms with E-state index in [0.29, 0.717) is 36.5 Å². The lowest BCUT2D eigenvalue weighted by molar-refractivity contribution is -0.145. The highest BCUT2D eigenvalue weighted by atomic mass is 79.9. The van der Waals surface area contributed by atoms with Crippen molar-refractivity contribution in [3.05, 3.63) is 33.3 Å². The topological polar surface area (TPSA) is 66.8 Å². The van der Waals surface area contributed by atoms with Gasteiger partial charge in [0.2, 0.25) is 0 Å². The zero-order chi connectivity index (χ0) is 15.4. The van der Waals surface area contributed by atoms with Gasteiger partial charge in [0.15, 0.2) is 0 Å². The SMILES string of the molecule is O=C(O)COC1CCN(C(=O)c2ccc(Br)cc2Cl)CC1. The Morgan fingerprint density at radius 3 is 2.62 bits per heavy atom. The number of amides is 1. The summed E-state index contributed by atoms with van der Waals surface area (Å²) in [5, 5.41) is 8.99. The number of hydrogen-bond acceptors (Lipinski definition) is 3. The molecule has 0 aromatic heterocycles. The van der Waals surface area contributed by atoms with Crippen molar-refractivity contribution < 1.29 is 19.4 Å². The van der Waals surface area contributed by atoms with Crippen LogP contribution in [0.3, 0.4) is 0 Å². The number of halogens is 2. The van der Waals surface area contributed by atoms with Crippen LogP contribution in [-0.2, 0) is 9.53 Å². The zero-order valence-electron chi connectivity index (χ0n) is 11.2. The highest BCUT2D eigenvalue weighted by Crippen LogP contribution is 2.24. The van der Waals surface area contributed by atoms with Crippen molar-refractivity contribution in [2.75, 3.05) is 19.7 Å². The Balaban J connectivity index is 1.92. The highest BCUT2D eigenvalue weighted by molar-refractivity contribution is 9.10. The smallest absolute Gasteiger partial charge is 0.329 e. The average molecular weight is 377 g/mol. The van der Waals surface area contributed by atoms with Gasteiger partial charge in [-0.2, -0.15) is 0 Å². The summed E-state index contributed by atoms with van der Waals surface area (Å²) in [6, 6.07) is 5.17. The summed E-state index contributed by atoms with van der Waals surface area (Å²) in [6.45, 7) is 0.780. The molecule has 0 atom stereocenters. The zero-order valence-corrected chi connectivity index (χ0v) is 13.6. The molecular weight excluding hydrogens is 362 g/mol. The molecular formula is C14H15BrClNO4. The van der Waals surface area contributed by atoms with Gasteiger partial charge in [-0.1, -0.05) is 27.5 Å². The third-order valence-corrected chi connectivity index (χ3v) is 4.14. The Morgan fingerprint density at radius 2 is 2.05 bits per heavy atom. The van der Waals surface area contributed by atoms with Crippen molar-refractivity contribution in [1.82, 2.24) is 4.90 Å². The summed E-state index contributed by atoms with van der Waals surface area (Å²) in [7, 11) is 0. The molecule has 1 aliphatic rings. The first-order valence-electron chi connectivity index (χ1n) is 6.55. The molecule has 0 unspecified atom stereocenters. The van der Waals surface area contributed by atoms with E-state index in [1.54, 1.807) is 23.1 Å². The van der Waals surface area contributed by atoms with Gasteiger partial charge in [-0.05, 0) is 31.0 Å². The van der Waals surface area contributed by atoms with Gasteiger partial charge in [-0.25, -0.2) is 4.79 Å². The van der Waals surface area contributed by atoms with Gasteiger partial charge in [0.05, 0.1) is 16.7 Å². The minimum Gasteiger partial charge on any atom is -0.480 e. The summed E-state index contributed by atoms with van der Waals surface area (Å²) in [4.78, 5) is 24.6. The Kier molecular flexibility index (Phi) is 5.61. The fourth-order valence-electron chi connectivity index (χ4n) is 2.25. The molecule has 1 saturated heterocycles. The van der Waals surface area contributed by atoms with Crippen LogP contribution in [0.2, 0.25) is 5.02 Å². The third-order valence-electron chi connectivity index (χ3n) is 3.33. The molecule has 1 heterocycles. The number of aliphatic carboxylic acids is 1. The van der Waals surface area contributed by atoms with Gasteiger partial charge < -0.3 is 14.7 Å². The molecule has 1 aromatic rings. The Labute approximate surface area is 136 Å². The van der Waals surface area contributed by atoms with Crippen LogP contribution in [0.25, 0.3) is 0 Å². The van der Waals surface area contributed by atoms with Crippen molar-refractivity contribution in [1.29, 1.82) is 0 Å². The van der Waals surface area contributed by atoms with Crippen LogP contribution < -0.4 is 0 Å². The fourth-order valence-corrected chi connectivity index (χ4v) is 3.00. The monoisotopic (exact) mass is 375 g/mol.